The largest absolute Gasteiger partial charge is 0.377 e. The summed E-state index contributed by atoms with van der Waals surface area (Å²) in [7, 11) is 3.97. The third-order valence-electron chi connectivity index (χ3n) is 2.15. The molecule has 0 bridgehead atoms. The van der Waals surface area contributed by atoms with Crippen LogP contribution in [-0.2, 0) is 0 Å². The number of nitrogens with two attached hydrogens (primary N) is 3. The van der Waals surface area contributed by atoms with Crippen molar-refractivity contribution in [1.29, 1.82) is 0 Å². The molecule has 6 heteroatoms. The van der Waals surface area contributed by atoms with E-state index in [0.717, 1.165) is 16.9 Å². The molecule has 0 saturated heterocycles. The lowest BCUT2D eigenvalue weighted by Crippen LogP contribution is -2.26. The number of aliphatic imine (C=N–C) groups is 2. The average Bonchev–Trinajstić information content (AvgIpc) is 2.15. The van der Waals surface area contributed by atoms with Crippen LogP contribution in [0.2, 0.25) is 0 Å². The maximum Gasteiger partial charge on any atom is 0.223 e. The van der Waals surface area contributed by atoms with Gasteiger partial charge in [-0.1, -0.05) is 0 Å². The van der Waals surface area contributed by atoms with Gasteiger partial charge in [0, 0.05) is 19.8 Å². The normalized spacial score (nSPS) is 11.1. The monoisotopic (exact) mass is 234 g/mol. The van der Waals surface area contributed by atoms with E-state index in [1.807, 2.05) is 44.1 Å². The number of rotatable bonds is 2. The molecule has 0 atom stereocenters. The lowest BCUT2D eigenvalue weighted by Gasteiger charge is -2.15. The van der Waals surface area contributed by atoms with Gasteiger partial charge in [0.25, 0.3) is 0 Å². The number of hydrogen-bond donors (Lipinski definition) is 3. The van der Waals surface area contributed by atoms with Crippen molar-refractivity contribution in [3.05, 3.63) is 23.8 Å². The molecule has 6 N–H and O–H groups in total. The topological polar surface area (TPSA) is 106 Å². The number of hydrogen-bond acceptors (Lipinski definition) is 2. The van der Waals surface area contributed by atoms with Gasteiger partial charge in [-0.3, -0.25) is 0 Å². The van der Waals surface area contributed by atoms with Gasteiger partial charge in [0.15, 0.2) is 5.96 Å². The molecule has 0 fully saturated rings. The predicted molar refractivity (Wildman–Crippen MR) is 72.6 cm³/mol. The molecule has 0 aliphatic heterocycles. The zero-order chi connectivity index (χ0) is 13.0. The molecule has 1 aromatic carbocycles. The van der Waals surface area contributed by atoms with Gasteiger partial charge in [0.05, 0.1) is 5.69 Å². The van der Waals surface area contributed by atoms with Crippen LogP contribution in [-0.4, -0.2) is 26.0 Å². The van der Waals surface area contributed by atoms with Crippen molar-refractivity contribution in [2.75, 3.05) is 19.0 Å². The van der Waals surface area contributed by atoms with Gasteiger partial charge in [-0.2, -0.15) is 4.99 Å². The van der Waals surface area contributed by atoms with Crippen LogP contribution >= 0.6 is 0 Å². The second-order valence-corrected chi connectivity index (χ2v) is 3.87. The average molecular weight is 234 g/mol. The highest BCUT2D eigenvalue weighted by molar-refractivity contribution is 5.93. The van der Waals surface area contributed by atoms with Crippen LogP contribution in [0.3, 0.4) is 0 Å². The summed E-state index contributed by atoms with van der Waals surface area (Å²) in [6.45, 7) is 2.01. The highest BCUT2D eigenvalue weighted by Gasteiger charge is 2.01. The summed E-state index contributed by atoms with van der Waals surface area (Å²) in [6.07, 6.45) is 0. The maximum atomic E-state index is 5.55. The Labute approximate surface area is 101 Å². The van der Waals surface area contributed by atoms with Gasteiger partial charge < -0.3 is 22.1 Å². The number of benzene rings is 1. The molecular weight excluding hydrogens is 216 g/mol. The molecule has 1 rings (SSSR count). The highest BCUT2D eigenvalue weighted by Crippen LogP contribution is 2.23. The first-order valence-electron chi connectivity index (χ1n) is 5.12. The molecular formula is C11H18N6. The van der Waals surface area contributed by atoms with E-state index in [2.05, 4.69) is 9.98 Å². The van der Waals surface area contributed by atoms with Crippen LogP contribution in [0.25, 0.3) is 0 Å². The third-order valence-corrected chi connectivity index (χ3v) is 2.15. The Bertz CT molecular complexity index is 457. The molecule has 0 aromatic heterocycles. The van der Waals surface area contributed by atoms with Crippen molar-refractivity contribution in [2.24, 2.45) is 27.2 Å². The van der Waals surface area contributed by atoms with Crippen molar-refractivity contribution >= 4 is 23.3 Å². The highest BCUT2D eigenvalue weighted by atomic mass is 15.1. The van der Waals surface area contributed by atoms with Gasteiger partial charge in [0.1, 0.15) is 0 Å². The van der Waals surface area contributed by atoms with E-state index >= 15 is 0 Å². The van der Waals surface area contributed by atoms with Crippen molar-refractivity contribution < 1.29 is 0 Å². The number of anilines is 1. The summed E-state index contributed by atoms with van der Waals surface area (Å²) in [5.74, 6) is -0.0603. The Morgan fingerprint density at radius 3 is 2.29 bits per heavy atom. The summed E-state index contributed by atoms with van der Waals surface area (Å²) < 4.78 is 0. The minimum absolute atomic E-state index is 0.0435. The van der Waals surface area contributed by atoms with Crippen molar-refractivity contribution in [1.82, 2.24) is 0 Å². The second-order valence-electron chi connectivity index (χ2n) is 3.87. The smallest absolute Gasteiger partial charge is 0.223 e. The summed E-state index contributed by atoms with van der Waals surface area (Å²) in [5, 5.41) is 0. The predicted octanol–water partition coefficient (Wildman–Crippen LogP) is 0.281. The number of nitrogens with zero attached hydrogens (tertiary/aromatic N) is 3. The van der Waals surface area contributed by atoms with E-state index in [1.165, 1.54) is 0 Å². The van der Waals surface area contributed by atoms with E-state index in [1.54, 1.807) is 0 Å². The molecule has 0 aliphatic rings. The minimum atomic E-state index is -0.104. The van der Waals surface area contributed by atoms with Crippen molar-refractivity contribution in [2.45, 2.75) is 6.92 Å². The summed E-state index contributed by atoms with van der Waals surface area (Å²) in [5.41, 5.74) is 18.9. The number of aryl methyl sites for hydroxylation is 1. The van der Waals surface area contributed by atoms with Crippen LogP contribution < -0.4 is 22.1 Å². The van der Waals surface area contributed by atoms with E-state index in [4.69, 9.17) is 17.2 Å². The second kappa shape index (κ2) is 5.20. The molecule has 6 nitrogen and oxygen atoms in total. The van der Waals surface area contributed by atoms with Gasteiger partial charge in [-0.05, 0) is 30.7 Å². The quantitative estimate of drug-likeness (QED) is 0.504. The van der Waals surface area contributed by atoms with E-state index in [0.29, 0.717) is 0 Å². The van der Waals surface area contributed by atoms with Crippen LogP contribution in [0.15, 0.2) is 28.2 Å². The Kier molecular flexibility index (Phi) is 3.92. The summed E-state index contributed by atoms with van der Waals surface area (Å²) in [6, 6.07) is 5.75. The van der Waals surface area contributed by atoms with Gasteiger partial charge in [-0.25, -0.2) is 4.99 Å². The van der Waals surface area contributed by atoms with Crippen molar-refractivity contribution in [3.63, 3.8) is 0 Å². The fraction of sp³-hybridized carbons (Fsp3) is 0.273. The summed E-state index contributed by atoms with van der Waals surface area (Å²) >= 11 is 0. The fourth-order valence-electron chi connectivity index (χ4n) is 1.50. The zero-order valence-corrected chi connectivity index (χ0v) is 10.3. The van der Waals surface area contributed by atoms with Crippen LogP contribution in [0.4, 0.5) is 11.4 Å². The molecule has 0 saturated carbocycles. The number of guanidine groups is 2. The van der Waals surface area contributed by atoms with Crippen LogP contribution in [0.5, 0.6) is 0 Å². The first kappa shape index (κ1) is 12.8. The zero-order valence-electron chi connectivity index (χ0n) is 10.3. The first-order valence-corrected chi connectivity index (χ1v) is 5.12. The molecule has 0 heterocycles. The Balaban J connectivity index is 3.03. The molecule has 0 amide bonds. The molecule has 92 valence electrons. The maximum absolute atomic E-state index is 5.55. The SMILES string of the molecule is Cc1cc(N=C(N)N=C(N)N)ccc1N(C)C. The van der Waals surface area contributed by atoms with Crippen LogP contribution in [0, 0.1) is 6.92 Å². The lowest BCUT2D eigenvalue weighted by molar-refractivity contribution is 1.11. The Hall–Kier alpha value is -2.24. The van der Waals surface area contributed by atoms with Gasteiger partial charge in [-0.15, -0.1) is 0 Å². The molecule has 0 unspecified atom stereocenters. The molecule has 0 aliphatic carbocycles. The Morgan fingerprint density at radius 1 is 1.18 bits per heavy atom. The standard InChI is InChI=1S/C11H18N6/c1-7-6-8(4-5-9(7)17(2)3)15-11(14)16-10(12)13/h4-6H,1-3H3,(H6,12,13,14,15,16). The first-order chi connectivity index (χ1) is 7.90. The minimum Gasteiger partial charge on any atom is -0.377 e. The lowest BCUT2D eigenvalue weighted by atomic mass is 10.1. The third kappa shape index (κ3) is 3.67. The summed E-state index contributed by atoms with van der Waals surface area (Å²) in [4.78, 5) is 9.77. The fourth-order valence-corrected chi connectivity index (χ4v) is 1.50. The molecule has 0 radical (unpaired) electrons. The molecule has 1 aromatic rings. The van der Waals surface area contributed by atoms with Crippen molar-refractivity contribution in [3.8, 4) is 0 Å². The van der Waals surface area contributed by atoms with Crippen LogP contribution in [0.1, 0.15) is 5.56 Å². The molecule has 17 heavy (non-hydrogen) atoms. The van der Waals surface area contributed by atoms with Gasteiger partial charge in [0.2, 0.25) is 5.96 Å². The van der Waals surface area contributed by atoms with E-state index in [9.17, 15) is 0 Å². The van der Waals surface area contributed by atoms with E-state index in [-0.39, 0.29) is 11.9 Å². The Morgan fingerprint density at radius 2 is 1.82 bits per heavy atom. The van der Waals surface area contributed by atoms with E-state index < -0.39 is 0 Å². The molecule has 0 spiro atoms. The van der Waals surface area contributed by atoms with Gasteiger partial charge >= 0.3 is 0 Å².